The molecule has 0 aliphatic carbocycles. The number of nitrogens with zero attached hydrogens (tertiary/aromatic N) is 3. The number of rotatable bonds is 2. The van der Waals surface area contributed by atoms with Gasteiger partial charge in [0.2, 0.25) is 0 Å². The Labute approximate surface area is 98.1 Å². The SMILES string of the molecule is N#CC1CN(c2ccc(C(=O)O)nc2)CCO1. The second-order valence-corrected chi connectivity index (χ2v) is 3.64. The smallest absolute Gasteiger partial charge is 0.354 e. The fourth-order valence-electron chi connectivity index (χ4n) is 1.66. The van der Waals surface area contributed by atoms with Gasteiger partial charge in [-0.15, -0.1) is 0 Å². The summed E-state index contributed by atoms with van der Waals surface area (Å²) in [5.41, 5.74) is 0.817. The molecule has 0 bridgehead atoms. The van der Waals surface area contributed by atoms with E-state index in [1.165, 1.54) is 12.3 Å². The second kappa shape index (κ2) is 4.80. The molecular formula is C11H11N3O3. The van der Waals surface area contributed by atoms with Crippen molar-refractivity contribution in [2.75, 3.05) is 24.6 Å². The highest BCUT2D eigenvalue weighted by atomic mass is 16.5. The van der Waals surface area contributed by atoms with E-state index in [-0.39, 0.29) is 5.69 Å². The number of ether oxygens (including phenoxy) is 1. The largest absolute Gasteiger partial charge is 0.477 e. The summed E-state index contributed by atoms with van der Waals surface area (Å²) in [7, 11) is 0. The van der Waals surface area contributed by atoms with E-state index in [0.717, 1.165) is 5.69 Å². The van der Waals surface area contributed by atoms with E-state index in [1.807, 2.05) is 4.90 Å². The molecule has 0 amide bonds. The Balaban J connectivity index is 2.12. The zero-order valence-corrected chi connectivity index (χ0v) is 9.04. The molecule has 1 aromatic rings. The van der Waals surface area contributed by atoms with Crippen molar-refractivity contribution in [3.63, 3.8) is 0 Å². The summed E-state index contributed by atoms with van der Waals surface area (Å²) in [5.74, 6) is -1.05. The molecule has 6 nitrogen and oxygen atoms in total. The van der Waals surface area contributed by atoms with Crippen LogP contribution in [0.4, 0.5) is 5.69 Å². The van der Waals surface area contributed by atoms with Crippen LogP contribution in [0.1, 0.15) is 10.5 Å². The normalized spacial score (nSPS) is 19.7. The van der Waals surface area contributed by atoms with E-state index in [2.05, 4.69) is 11.1 Å². The van der Waals surface area contributed by atoms with Crippen molar-refractivity contribution in [2.24, 2.45) is 0 Å². The third-order valence-corrected chi connectivity index (χ3v) is 2.54. The number of carboxylic acid groups (broad SMARTS) is 1. The third-order valence-electron chi connectivity index (χ3n) is 2.54. The second-order valence-electron chi connectivity index (χ2n) is 3.64. The minimum atomic E-state index is -1.05. The van der Waals surface area contributed by atoms with E-state index in [9.17, 15) is 4.79 Å². The molecule has 2 rings (SSSR count). The molecule has 1 aliphatic heterocycles. The summed E-state index contributed by atoms with van der Waals surface area (Å²) in [6.45, 7) is 1.63. The van der Waals surface area contributed by atoms with Crippen molar-refractivity contribution in [1.29, 1.82) is 5.26 Å². The number of hydrogen-bond acceptors (Lipinski definition) is 5. The number of anilines is 1. The van der Waals surface area contributed by atoms with E-state index < -0.39 is 12.1 Å². The monoisotopic (exact) mass is 233 g/mol. The van der Waals surface area contributed by atoms with Gasteiger partial charge >= 0.3 is 5.97 Å². The molecule has 0 spiro atoms. The van der Waals surface area contributed by atoms with Crippen LogP contribution in [0.2, 0.25) is 0 Å². The van der Waals surface area contributed by atoms with Crippen LogP contribution >= 0.6 is 0 Å². The minimum absolute atomic E-state index is 0.0128. The van der Waals surface area contributed by atoms with Crippen LogP contribution in [0.3, 0.4) is 0 Å². The van der Waals surface area contributed by atoms with Gasteiger partial charge in [-0.05, 0) is 12.1 Å². The molecule has 1 fully saturated rings. The first kappa shape index (κ1) is 11.4. The predicted molar refractivity (Wildman–Crippen MR) is 58.8 cm³/mol. The summed E-state index contributed by atoms with van der Waals surface area (Å²) >= 11 is 0. The van der Waals surface area contributed by atoms with Crippen molar-refractivity contribution in [3.05, 3.63) is 24.0 Å². The highest BCUT2D eigenvalue weighted by molar-refractivity contribution is 5.85. The molecule has 6 heteroatoms. The first-order valence-electron chi connectivity index (χ1n) is 5.16. The van der Waals surface area contributed by atoms with Crippen LogP contribution in [-0.2, 0) is 4.74 Å². The van der Waals surface area contributed by atoms with Crippen molar-refractivity contribution in [1.82, 2.24) is 4.98 Å². The molecule has 1 aliphatic rings. The third kappa shape index (κ3) is 2.52. The van der Waals surface area contributed by atoms with Crippen LogP contribution < -0.4 is 4.90 Å². The van der Waals surface area contributed by atoms with Crippen LogP contribution in [0.25, 0.3) is 0 Å². The molecule has 0 saturated carbocycles. The van der Waals surface area contributed by atoms with Crippen LogP contribution in [0.15, 0.2) is 18.3 Å². The molecule has 1 aromatic heterocycles. The maximum atomic E-state index is 10.6. The Morgan fingerprint density at radius 3 is 3.06 bits per heavy atom. The number of nitriles is 1. The van der Waals surface area contributed by atoms with Crippen LogP contribution in [0.5, 0.6) is 0 Å². The van der Waals surface area contributed by atoms with E-state index in [0.29, 0.717) is 19.7 Å². The Bertz CT molecular complexity index is 452. The van der Waals surface area contributed by atoms with Gasteiger partial charge in [-0.25, -0.2) is 9.78 Å². The minimum Gasteiger partial charge on any atom is -0.477 e. The van der Waals surface area contributed by atoms with Gasteiger partial charge < -0.3 is 14.7 Å². The van der Waals surface area contributed by atoms with Gasteiger partial charge in [0.15, 0.2) is 6.10 Å². The molecule has 1 saturated heterocycles. The Morgan fingerprint density at radius 2 is 2.47 bits per heavy atom. The Morgan fingerprint density at radius 1 is 1.65 bits per heavy atom. The van der Waals surface area contributed by atoms with E-state index in [4.69, 9.17) is 15.1 Å². The fourth-order valence-corrected chi connectivity index (χ4v) is 1.66. The van der Waals surface area contributed by atoms with Gasteiger partial charge in [0.05, 0.1) is 31.1 Å². The van der Waals surface area contributed by atoms with E-state index in [1.54, 1.807) is 6.07 Å². The van der Waals surface area contributed by atoms with Crippen molar-refractivity contribution in [3.8, 4) is 6.07 Å². The Kier molecular flexibility index (Phi) is 3.21. The van der Waals surface area contributed by atoms with Crippen molar-refractivity contribution in [2.45, 2.75) is 6.10 Å². The summed E-state index contributed by atoms with van der Waals surface area (Å²) in [5, 5.41) is 17.5. The average Bonchev–Trinajstić information content (AvgIpc) is 2.39. The topological polar surface area (TPSA) is 86.5 Å². The first-order valence-corrected chi connectivity index (χ1v) is 5.16. The van der Waals surface area contributed by atoms with Crippen molar-refractivity contribution >= 4 is 11.7 Å². The molecule has 17 heavy (non-hydrogen) atoms. The molecule has 2 heterocycles. The number of carboxylic acids is 1. The fraction of sp³-hybridized carbons (Fsp3) is 0.364. The number of carbonyl (C=O) groups is 1. The lowest BCUT2D eigenvalue weighted by Gasteiger charge is -2.31. The predicted octanol–water partition coefficient (Wildman–Crippen LogP) is 0.509. The molecular weight excluding hydrogens is 222 g/mol. The van der Waals surface area contributed by atoms with Crippen molar-refractivity contribution < 1.29 is 14.6 Å². The van der Waals surface area contributed by atoms with Gasteiger partial charge in [-0.3, -0.25) is 0 Å². The molecule has 0 radical (unpaired) electrons. The summed E-state index contributed by atoms with van der Waals surface area (Å²) in [6, 6.07) is 5.20. The standard InChI is InChI=1S/C11H11N3O3/c12-5-9-7-14(3-4-17-9)8-1-2-10(11(15)16)13-6-8/h1-2,6,9H,3-4,7H2,(H,15,16). The van der Waals surface area contributed by atoms with E-state index >= 15 is 0 Å². The van der Waals surface area contributed by atoms with Gasteiger partial charge in [0, 0.05) is 6.54 Å². The number of hydrogen-bond donors (Lipinski definition) is 1. The average molecular weight is 233 g/mol. The number of aromatic carboxylic acids is 1. The first-order chi connectivity index (χ1) is 8.20. The van der Waals surface area contributed by atoms with Crippen LogP contribution in [0, 0.1) is 11.3 Å². The van der Waals surface area contributed by atoms with Crippen LogP contribution in [-0.4, -0.2) is 41.9 Å². The van der Waals surface area contributed by atoms with Gasteiger partial charge in [-0.1, -0.05) is 0 Å². The summed E-state index contributed by atoms with van der Waals surface area (Å²) in [4.78, 5) is 16.4. The molecule has 0 aromatic carbocycles. The number of morpholine rings is 1. The zero-order chi connectivity index (χ0) is 12.3. The Hall–Kier alpha value is -2.13. The number of pyridine rings is 1. The summed E-state index contributed by atoms with van der Waals surface area (Å²) in [6.07, 6.45) is 1.06. The highest BCUT2D eigenvalue weighted by Gasteiger charge is 2.20. The number of aromatic nitrogens is 1. The lowest BCUT2D eigenvalue weighted by atomic mass is 10.2. The molecule has 1 N–H and O–H groups in total. The quantitative estimate of drug-likeness (QED) is 0.800. The molecule has 88 valence electrons. The lowest BCUT2D eigenvalue weighted by molar-refractivity contribution is 0.0689. The van der Waals surface area contributed by atoms with Gasteiger partial charge in [0.1, 0.15) is 5.69 Å². The zero-order valence-electron chi connectivity index (χ0n) is 9.04. The van der Waals surface area contributed by atoms with Gasteiger partial charge in [-0.2, -0.15) is 5.26 Å². The van der Waals surface area contributed by atoms with Gasteiger partial charge in [0.25, 0.3) is 0 Å². The maximum Gasteiger partial charge on any atom is 0.354 e. The lowest BCUT2D eigenvalue weighted by Crippen LogP contribution is -2.41. The molecule has 1 atom stereocenters. The maximum absolute atomic E-state index is 10.6. The highest BCUT2D eigenvalue weighted by Crippen LogP contribution is 2.16. The molecule has 1 unspecified atom stereocenters. The summed E-state index contributed by atoms with van der Waals surface area (Å²) < 4.78 is 5.22.